The molecule has 2 heterocycles. The van der Waals surface area contributed by atoms with Gasteiger partial charge in [0.2, 0.25) is 0 Å². The molecule has 2 unspecified atom stereocenters. The van der Waals surface area contributed by atoms with Gasteiger partial charge in [-0.1, -0.05) is 32.0 Å². The molecule has 0 radical (unpaired) electrons. The summed E-state index contributed by atoms with van der Waals surface area (Å²) in [4.78, 5) is 7.59. The summed E-state index contributed by atoms with van der Waals surface area (Å²) in [6.45, 7) is 13.5. The number of hydrogen-bond acceptors (Lipinski definition) is 4. The van der Waals surface area contributed by atoms with E-state index < -0.39 is 0 Å². The van der Waals surface area contributed by atoms with Crippen molar-refractivity contribution < 1.29 is 0 Å². The van der Waals surface area contributed by atoms with Crippen molar-refractivity contribution in [1.82, 2.24) is 9.80 Å². The van der Waals surface area contributed by atoms with Crippen LogP contribution in [-0.4, -0.2) is 61.7 Å². The third-order valence-electron chi connectivity index (χ3n) is 5.29. The predicted octanol–water partition coefficient (Wildman–Crippen LogP) is 1.61. The van der Waals surface area contributed by atoms with Gasteiger partial charge in [0.1, 0.15) is 0 Å². The van der Waals surface area contributed by atoms with Crippen LogP contribution in [0.4, 0.5) is 5.69 Å². The van der Waals surface area contributed by atoms with Crippen LogP contribution in [0.3, 0.4) is 0 Å². The number of nitrogens with zero attached hydrogens (tertiary/aromatic N) is 3. The lowest BCUT2D eigenvalue weighted by Gasteiger charge is -2.36. The molecule has 3 rings (SSSR count). The van der Waals surface area contributed by atoms with Gasteiger partial charge in [-0.25, -0.2) is 0 Å². The molecule has 4 heteroatoms. The van der Waals surface area contributed by atoms with Crippen molar-refractivity contribution in [2.45, 2.75) is 26.4 Å². The number of hydrogen-bond donors (Lipinski definition) is 1. The molecule has 22 heavy (non-hydrogen) atoms. The third kappa shape index (κ3) is 3.45. The van der Waals surface area contributed by atoms with Crippen LogP contribution in [0.1, 0.15) is 19.4 Å². The van der Waals surface area contributed by atoms with Crippen LogP contribution < -0.4 is 10.6 Å². The van der Waals surface area contributed by atoms with E-state index in [-0.39, 0.29) is 0 Å². The Kier molecular flexibility index (Phi) is 5.01. The molecule has 0 spiro atoms. The van der Waals surface area contributed by atoms with E-state index in [1.54, 1.807) is 0 Å². The third-order valence-corrected chi connectivity index (χ3v) is 5.29. The molecule has 2 aliphatic rings. The normalized spacial score (nSPS) is 27.5. The largest absolute Gasteiger partial charge is 0.369 e. The highest BCUT2D eigenvalue weighted by atomic mass is 15.3. The fraction of sp³-hybridized carbons (Fsp3) is 0.667. The first-order chi connectivity index (χ1) is 10.7. The zero-order chi connectivity index (χ0) is 15.5. The Bertz CT molecular complexity index is 472. The molecule has 0 saturated carbocycles. The number of likely N-dealkylation sites (tertiary alicyclic amines) is 1. The van der Waals surface area contributed by atoms with E-state index in [1.165, 1.54) is 30.9 Å². The van der Waals surface area contributed by atoms with Gasteiger partial charge in [-0.05, 0) is 24.1 Å². The van der Waals surface area contributed by atoms with Crippen LogP contribution in [0.25, 0.3) is 0 Å². The number of likely N-dealkylation sites (N-methyl/N-ethyl adjacent to an activating group) is 1. The van der Waals surface area contributed by atoms with Gasteiger partial charge in [-0.3, -0.25) is 4.90 Å². The van der Waals surface area contributed by atoms with Crippen LogP contribution in [0.15, 0.2) is 24.3 Å². The van der Waals surface area contributed by atoms with E-state index in [0.717, 1.165) is 32.7 Å². The first-order valence-corrected chi connectivity index (χ1v) is 8.70. The standard InChI is InChI=1S/C18H30N4/c1-3-20-8-10-22(11-9-20)18-7-5-4-6-16(18)13-21-12-15(2)17(19)14-21/h4-7,15,17H,3,8-14,19H2,1-2H3. The van der Waals surface area contributed by atoms with Crippen molar-refractivity contribution in [1.29, 1.82) is 0 Å². The number of piperazine rings is 1. The molecular weight excluding hydrogens is 272 g/mol. The minimum atomic E-state index is 0.334. The Labute approximate surface area is 134 Å². The van der Waals surface area contributed by atoms with Gasteiger partial charge < -0.3 is 15.5 Å². The quantitative estimate of drug-likeness (QED) is 0.916. The average molecular weight is 302 g/mol. The topological polar surface area (TPSA) is 35.7 Å². The monoisotopic (exact) mass is 302 g/mol. The van der Waals surface area contributed by atoms with E-state index in [4.69, 9.17) is 5.73 Å². The van der Waals surface area contributed by atoms with Crippen LogP contribution in [0, 0.1) is 5.92 Å². The molecule has 0 aromatic heterocycles. The molecule has 4 nitrogen and oxygen atoms in total. The van der Waals surface area contributed by atoms with Crippen molar-refractivity contribution in [2.75, 3.05) is 50.7 Å². The Hall–Kier alpha value is -1.10. The Morgan fingerprint density at radius 3 is 2.41 bits per heavy atom. The van der Waals surface area contributed by atoms with E-state index in [1.807, 2.05) is 0 Å². The van der Waals surface area contributed by atoms with Crippen molar-refractivity contribution in [2.24, 2.45) is 11.7 Å². The molecule has 0 aliphatic carbocycles. The Morgan fingerprint density at radius 2 is 1.77 bits per heavy atom. The molecule has 2 saturated heterocycles. The van der Waals surface area contributed by atoms with Gasteiger partial charge in [0.15, 0.2) is 0 Å². The number of nitrogens with two attached hydrogens (primary N) is 1. The highest BCUT2D eigenvalue weighted by Gasteiger charge is 2.27. The SMILES string of the molecule is CCN1CCN(c2ccccc2CN2CC(C)C(N)C2)CC1. The molecule has 122 valence electrons. The average Bonchev–Trinajstić information content (AvgIpc) is 2.86. The lowest BCUT2D eigenvalue weighted by molar-refractivity contribution is 0.270. The van der Waals surface area contributed by atoms with Gasteiger partial charge in [0.05, 0.1) is 0 Å². The minimum absolute atomic E-state index is 0.334. The van der Waals surface area contributed by atoms with E-state index in [2.05, 4.69) is 52.8 Å². The predicted molar refractivity (Wildman–Crippen MR) is 93.2 cm³/mol. The summed E-state index contributed by atoms with van der Waals surface area (Å²) in [6, 6.07) is 9.25. The lowest BCUT2D eigenvalue weighted by Crippen LogP contribution is -2.46. The summed E-state index contributed by atoms with van der Waals surface area (Å²) < 4.78 is 0. The molecular formula is C18H30N4. The van der Waals surface area contributed by atoms with Crippen LogP contribution in [-0.2, 0) is 6.54 Å². The Balaban J connectivity index is 1.68. The number of para-hydroxylation sites is 1. The van der Waals surface area contributed by atoms with Gasteiger partial charge in [-0.15, -0.1) is 0 Å². The van der Waals surface area contributed by atoms with E-state index >= 15 is 0 Å². The van der Waals surface area contributed by atoms with E-state index in [9.17, 15) is 0 Å². The highest BCUT2D eigenvalue weighted by Crippen LogP contribution is 2.25. The van der Waals surface area contributed by atoms with Crippen LogP contribution >= 0.6 is 0 Å². The second-order valence-corrected chi connectivity index (χ2v) is 6.89. The molecule has 1 aromatic carbocycles. The van der Waals surface area contributed by atoms with Gasteiger partial charge in [0.25, 0.3) is 0 Å². The molecule has 2 fully saturated rings. The van der Waals surface area contributed by atoms with Gasteiger partial charge in [-0.2, -0.15) is 0 Å². The van der Waals surface area contributed by atoms with E-state index in [0.29, 0.717) is 12.0 Å². The van der Waals surface area contributed by atoms with Crippen molar-refractivity contribution in [3.8, 4) is 0 Å². The summed E-state index contributed by atoms with van der Waals surface area (Å²) >= 11 is 0. The number of anilines is 1. The maximum absolute atomic E-state index is 6.18. The van der Waals surface area contributed by atoms with Crippen LogP contribution in [0.5, 0.6) is 0 Å². The molecule has 1 aromatic rings. The smallest absolute Gasteiger partial charge is 0.0412 e. The lowest BCUT2D eigenvalue weighted by atomic mass is 10.1. The summed E-state index contributed by atoms with van der Waals surface area (Å²) in [5, 5.41) is 0. The first-order valence-electron chi connectivity index (χ1n) is 8.70. The summed E-state index contributed by atoms with van der Waals surface area (Å²) in [7, 11) is 0. The second-order valence-electron chi connectivity index (χ2n) is 6.89. The maximum Gasteiger partial charge on any atom is 0.0412 e. The number of benzene rings is 1. The second kappa shape index (κ2) is 6.99. The summed E-state index contributed by atoms with van der Waals surface area (Å²) in [5.74, 6) is 0.611. The summed E-state index contributed by atoms with van der Waals surface area (Å²) in [5.41, 5.74) is 9.05. The van der Waals surface area contributed by atoms with Crippen molar-refractivity contribution in [3.63, 3.8) is 0 Å². The first kappa shape index (κ1) is 15.8. The molecule has 2 N–H and O–H groups in total. The number of rotatable bonds is 4. The van der Waals surface area contributed by atoms with Crippen LogP contribution in [0.2, 0.25) is 0 Å². The zero-order valence-corrected chi connectivity index (χ0v) is 14.0. The molecule has 2 atom stereocenters. The fourth-order valence-electron chi connectivity index (χ4n) is 3.72. The molecule has 0 amide bonds. The van der Waals surface area contributed by atoms with Gasteiger partial charge >= 0.3 is 0 Å². The maximum atomic E-state index is 6.18. The zero-order valence-electron chi connectivity index (χ0n) is 14.0. The van der Waals surface area contributed by atoms with Crippen molar-refractivity contribution in [3.05, 3.63) is 29.8 Å². The van der Waals surface area contributed by atoms with Gasteiger partial charge in [0, 0.05) is 57.5 Å². The highest BCUT2D eigenvalue weighted by molar-refractivity contribution is 5.54. The minimum Gasteiger partial charge on any atom is -0.369 e. The van der Waals surface area contributed by atoms with Crippen molar-refractivity contribution >= 4 is 5.69 Å². The molecule has 0 bridgehead atoms. The molecule has 2 aliphatic heterocycles. The summed E-state index contributed by atoms with van der Waals surface area (Å²) in [6.07, 6.45) is 0. The Morgan fingerprint density at radius 1 is 1.05 bits per heavy atom. The fourth-order valence-corrected chi connectivity index (χ4v) is 3.72.